The average molecular weight is 334 g/mol. The molecule has 1 heterocycles. The molecule has 0 spiro atoms. The molecule has 1 aliphatic rings. The molecule has 1 aliphatic carbocycles. The van der Waals surface area contributed by atoms with E-state index in [4.69, 9.17) is 4.74 Å². The van der Waals surface area contributed by atoms with Crippen molar-refractivity contribution in [2.75, 3.05) is 7.11 Å². The summed E-state index contributed by atoms with van der Waals surface area (Å²) in [4.78, 5) is 12.0. The van der Waals surface area contributed by atoms with E-state index in [0.717, 1.165) is 45.7 Å². The Bertz CT molecular complexity index is 688. The number of hydrogen-bond donors (Lipinski definition) is 0. The summed E-state index contributed by atoms with van der Waals surface area (Å²) in [5.74, 6) is 1.06. The highest BCUT2D eigenvalue weighted by molar-refractivity contribution is 9.10. The molecule has 0 amide bonds. The molecule has 0 N–H and O–H groups in total. The molecule has 1 aromatic carbocycles. The van der Waals surface area contributed by atoms with Crippen LogP contribution in [0.2, 0.25) is 0 Å². The number of carbonyl (C=O) groups is 1. The van der Waals surface area contributed by atoms with Gasteiger partial charge in [0.1, 0.15) is 5.75 Å². The molecule has 1 aromatic heterocycles. The molecule has 3 rings (SSSR count). The highest BCUT2D eigenvalue weighted by atomic mass is 79.9. The van der Waals surface area contributed by atoms with Crippen molar-refractivity contribution in [1.82, 2.24) is 4.57 Å². The molecule has 3 nitrogen and oxygen atoms in total. The zero-order valence-corrected chi connectivity index (χ0v) is 13.2. The van der Waals surface area contributed by atoms with Crippen LogP contribution in [0.5, 0.6) is 5.75 Å². The van der Waals surface area contributed by atoms with Crippen molar-refractivity contribution in [2.24, 2.45) is 0 Å². The maximum Gasteiger partial charge on any atom is 0.164 e. The summed E-state index contributed by atoms with van der Waals surface area (Å²) >= 11 is 3.47. The minimum absolute atomic E-state index is 0.261. The van der Waals surface area contributed by atoms with E-state index in [-0.39, 0.29) is 5.78 Å². The molecule has 104 valence electrons. The van der Waals surface area contributed by atoms with Gasteiger partial charge in [0.15, 0.2) is 5.78 Å². The number of fused-ring (bicyclic) bond motifs is 1. The fourth-order valence-electron chi connectivity index (χ4n) is 2.88. The summed E-state index contributed by atoms with van der Waals surface area (Å²) in [7, 11) is 1.66. The number of aromatic nitrogens is 1. The van der Waals surface area contributed by atoms with Gasteiger partial charge in [0.25, 0.3) is 0 Å². The zero-order chi connectivity index (χ0) is 14.3. The Morgan fingerprint density at radius 2 is 2.05 bits per heavy atom. The first-order valence-electron chi connectivity index (χ1n) is 6.70. The molecule has 0 atom stereocenters. The molecule has 4 heteroatoms. The summed E-state index contributed by atoms with van der Waals surface area (Å²) in [6, 6.07) is 8.02. The first kappa shape index (κ1) is 13.4. The predicted molar refractivity (Wildman–Crippen MR) is 82.0 cm³/mol. The number of ketones is 1. The molecular weight excluding hydrogens is 318 g/mol. The van der Waals surface area contributed by atoms with Crippen LogP contribution in [0.3, 0.4) is 0 Å². The molecule has 0 bridgehead atoms. The third-order valence-electron chi connectivity index (χ3n) is 3.80. The van der Waals surface area contributed by atoms with Gasteiger partial charge in [0.05, 0.1) is 11.6 Å². The number of nitrogens with zero attached hydrogens (tertiary/aromatic N) is 1. The molecule has 0 unspecified atom stereocenters. The van der Waals surface area contributed by atoms with Gasteiger partial charge in [-0.25, -0.2) is 0 Å². The van der Waals surface area contributed by atoms with E-state index < -0.39 is 0 Å². The van der Waals surface area contributed by atoms with Crippen LogP contribution in [-0.2, 0) is 6.42 Å². The molecule has 0 saturated heterocycles. The number of carbonyl (C=O) groups excluding carboxylic acids is 1. The Hall–Kier alpha value is -1.55. The van der Waals surface area contributed by atoms with Crippen LogP contribution in [0, 0.1) is 6.92 Å². The lowest BCUT2D eigenvalue weighted by Crippen LogP contribution is -2.12. The average Bonchev–Trinajstić information content (AvgIpc) is 2.77. The minimum atomic E-state index is 0.261. The number of methoxy groups -OCH3 is 1. The van der Waals surface area contributed by atoms with E-state index >= 15 is 0 Å². The van der Waals surface area contributed by atoms with E-state index in [1.165, 1.54) is 0 Å². The van der Waals surface area contributed by atoms with Gasteiger partial charge in [0, 0.05) is 35.1 Å². The third-order valence-corrected chi connectivity index (χ3v) is 4.45. The lowest BCUT2D eigenvalue weighted by molar-refractivity contribution is 0.0972. The van der Waals surface area contributed by atoms with Crippen LogP contribution in [0.1, 0.15) is 34.6 Å². The van der Waals surface area contributed by atoms with Crippen molar-refractivity contribution >= 4 is 21.7 Å². The third kappa shape index (κ3) is 2.08. The van der Waals surface area contributed by atoms with Crippen LogP contribution in [0.15, 0.2) is 28.7 Å². The van der Waals surface area contributed by atoms with E-state index in [2.05, 4.69) is 20.5 Å². The normalized spacial score (nSPS) is 14.2. The Labute approximate surface area is 126 Å². The van der Waals surface area contributed by atoms with Crippen molar-refractivity contribution in [3.63, 3.8) is 0 Å². The van der Waals surface area contributed by atoms with E-state index in [1.54, 1.807) is 7.11 Å². The van der Waals surface area contributed by atoms with Crippen molar-refractivity contribution in [3.05, 3.63) is 45.7 Å². The number of ether oxygens (including phenoxy) is 1. The summed E-state index contributed by atoms with van der Waals surface area (Å²) in [6.45, 7) is 2.04. The number of halogens is 1. The molecular formula is C16H16BrNO2. The van der Waals surface area contributed by atoms with Crippen LogP contribution < -0.4 is 4.74 Å². The topological polar surface area (TPSA) is 31.2 Å². The fourth-order valence-corrected chi connectivity index (χ4v) is 3.28. The quantitative estimate of drug-likeness (QED) is 0.829. The van der Waals surface area contributed by atoms with E-state index in [1.807, 2.05) is 31.2 Å². The molecule has 0 fully saturated rings. The Morgan fingerprint density at radius 3 is 2.80 bits per heavy atom. The number of rotatable bonds is 2. The number of aryl methyl sites for hydroxylation is 1. The number of Topliss-reactive ketones (excluding diaryl/α,β-unsaturated/α-hetero) is 1. The van der Waals surface area contributed by atoms with Gasteiger partial charge in [0.2, 0.25) is 0 Å². The first-order chi connectivity index (χ1) is 9.61. The lowest BCUT2D eigenvalue weighted by atomic mass is 9.96. The monoisotopic (exact) mass is 333 g/mol. The van der Waals surface area contributed by atoms with Crippen molar-refractivity contribution in [3.8, 4) is 11.4 Å². The standard InChI is InChI=1S/C16H16BrNO2/c1-10-8-12-14(4-3-5-15(12)19)18(10)11-6-7-13(17)16(9-11)20-2/h6-9H,3-5H2,1-2H3. The fraction of sp³-hybridized carbons (Fsp3) is 0.312. The minimum Gasteiger partial charge on any atom is -0.495 e. The van der Waals surface area contributed by atoms with Crippen molar-refractivity contribution < 1.29 is 9.53 Å². The summed E-state index contributed by atoms with van der Waals surface area (Å²) < 4.78 is 8.46. The summed E-state index contributed by atoms with van der Waals surface area (Å²) in [5.41, 5.74) is 4.15. The van der Waals surface area contributed by atoms with E-state index in [9.17, 15) is 4.79 Å². The van der Waals surface area contributed by atoms with Crippen molar-refractivity contribution in [1.29, 1.82) is 0 Å². The number of hydrogen-bond acceptors (Lipinski definition) is 2. The van der Waals surface area contributed by atoms with Gasteiger partial charge in [-0.1, -0.05) is 0 Å². The summed E-state index contributed by atoms with van der Waals surface area (Å²) in [5, 5.41) is 0. The second kappa shape index (κ2) is 5.09. The molecule has 20 heavy (non-hydrogen) atoms. The van der Waals surface area contributed by atoms with Gasteiger partial charge in [-0.2, -0.15) is 0 Å². The maximum absolute atomic E-state index is 12.0. The molecule has 0 radical (unpaired) electrons. The Kier molecular flexibility index (Phi) is 3.42. The van der Waals surface area contributed by atoms with Gasteiger partial charge in [-0.15, -0.1) is 0 Å². The van der Waals surface area contributed by atoms with Crippen LogP contribution in [0.4, 0.5) is 0 Å². The lowest BCUT2D eigenvalue weighted by Gasteiger charge is -2.17. The molecule has 2 aromatic rings. The first-order valence-corrected chi connectivity index (χ1v) is 7.49. The number of benzene rings is 1. The highest BCUT2D eigenvalue weighted by Crippen LogP contribution is 2.32. The Morgan fingerprint density at radius 1 is 1.25 bits per heavy atom. The maximum atomic E-state index is 12.0. The van der Waals surface area contributed by atoms with Crippen molar-refractivity contribution in [2.45, 2.75) is 26.2 Å². The molecule has 0 saturated carbocycles. The van der Waals surface area contributed by atoms with Gasteiger partial charge >= 0.3 is 0 Å². The second-order valence-corrected chi connectivity index (χ2v) is 5.93. The van der Waals surface area contributed by atoms with Crippen LogP contribution in [0.25, 0.3) is 5.69 Å². The SMILES string of the molecule is COc1cc(-n2c(C)cc3c2CCCC3=O)ccc1Br. The van der Waals surface area contributed by atoms with Gasteiger partial charge < -0.3 is 9.30 Å². The highest BCUT2D eigenvalue weighted by Gasteiger charge is 2.23. The van der Waals surface area contributed by atoms with E-state index in [0.29, 0.717) is 6.42 Å². The van der Waals surface area contributed by atoms with Gasteiger partial charge in [-0.05, 0) is 53.9 Å². The summed E-state index contributed by atoms with van der Waals surface area (Å²) in [6.07, 6.45) is 2.55. The van der Waals surface area contributed by atoms with Crippen LogP contribution >= 0.6 is 15.9 Å². The van der Waals surface area contributed by atoms with Gasteiger partial charge in [-0.3, -0.25) is 4.79 Å². The predicted octanol–water partition coefficient (Wildman–Crippen LogP) is 4.08. The Balaban J connectivity index is 2.18. The molecule has 0 aliphatic heterocycles. The second-order valence-electron chi connectivity index (χ2n) is 5.08. The smallest absolute Gasteiger partial charge is 0.164 e. The van der Waals surface area contributed by atoms with Crippen LogP contribution in [-0.4, -0.2) is 17.5 Å². The largest absolute Gasteiger partial charge is 0.495 e. The zero-order valence-electron chi connectivity index (χ0n) is 11.6.